The van der Waals surface area contributed by atoms with Crippen molar-refractivity contribution in [3.63, 3.8) is 0 Å². The maximum absolute atomic E-state index is 11.0. The monoisotopic (exact) mass is 217 g/mol. The first-order valence-electron chi connectivity index (χ1n) is 5.26. The molecule has 1 N–H and O–H groups in total. The van der Waals surface area contributed by atoms with Crippen molar-refractivity contribution in [1.82, 2.24) is 5.16 Å². The second kappa shape index (κ2) is 3.67. The number of aromatic nitrogens is 1. The molecule has 3 heteroatoms. The standard InChI is InChI=1S/C13H15NO2/c1-13(2,3)10-6-4-5-9(7-10)11-8-12(15)14-16-11/h4-8H,1-3H3,(H,14,15). The third-order valence-electron chi connectivity index (χ3n) is 2.54. The first-order valence-corrected chi connectivity index (χ1v) is 5.26. The average molecular weight is 217 g/mol. The van der Waals surface area contributed by atoms with Gasteiger partial charge in [-0.1, -0.05) is 39.0 Å². The highest BCUT2D eigenvalue weighted by atomic mass is 16.5. The first kappa shape index (κ1) is 10.7. The highest BCUT2D eigenvalue weighted by Crippen LogP contribution is 2.26. The molecule has 0 aliphatic rings. The predicted molar refractivity (Wildman–Crippen MR) is 63.5 cm³/mol. The van der Waals surface area contributed by atoms with Gasteiger partial charge in [-0.15, -0.1) is 0 Å². The van der Waals surface area contributed by atoms with E-state index >= 15 is 0 Å². The van der Waals surface area contributed by atoms with Gasteiger partial charge in [0, 0.05) is 5.56 Å². The summed E-state index contributed by atoms with van der Waals surface area (Å²) in [6.07, 6.45) is 0. The molecule has 0 bridgehead atoms. The summed E-state index contributed by atoms with van der Waals surface area (Å²) in [6, 6.07) is 9.49. The van der Waals surface area contributed by atoms with Crippen LogP contribution in [-0.2, 0) is 5.41 Å². The molecular weight excluding hydrogens is 202 g/mol. The van der Waals surface area contributed by atoms with Crippen LogP contribution < -0.4 is 5.56 Å². The van der Waals surface area contributed by atoms with Crippen molar-refractivity contribution in [2.75, 3.05) is 0 Å². The molecule has 1 aromatic carbocycles. The van der Waals surface area contributed by atoms with Gasteiger partial charge >= 0.3 is 0 Å². The molecule has 0 amide bonds. The lowest BCUT2D eigenvalue weighted by Gasteiger charge is -2.19. The lowest BCUT2D eigenvalue weighted by molar-refractivity contribution is 0.425. The molecular formula is C13H15NO2. The van der Waals surface area contributed by atoms with Gasteiger partial charge < -0.3 is 4.52 Å². The van der Waals surface area contributed by atoms with Crippen LogP contribution in [0.3, 0.4) is 0 Å². The topological polar surface area (TPSA) is 46.0 Å². The van der Waals surface area contributed by atoms with Crippen LogP contribution in [0.15, 0.2) is 39.6 Å². The zero-order valence-electron chi connectivity index (χ0n) is 9.70. The van der Waals surface area contributed by atoms with E-state index in [1.807, 2.05) is 18.2 Å². The van der Waals surface area contributed by atoms with Crippen LogP contribution in [0.4, 0.5) is 0 Å². The van der Waals surface area contributed by atoms with Gasteiger partial charge in [-0.2, -0.15) is 5.16 Å². The van der Waals surface area contributed by atoms with Crippen molar-refractivity contribution in [2.45, 2.75) is 26.2 Å². The molecule has 0 unspecified atom stereocenters. The molecule has 16 heavy (non-hydrogen) atoms. The van der Waals surface area contributed by atoms with E-state index < -0.39 is 0 Å². The van der Waals surface area contributed by atoms with Crippen LogP contribution in [-0.4, -0.2) is 5.16 Å². The van der Waals surface area contributed by atoms with Gasteiger partial charge in [0.15, 0.2) is 5.76 Å². The molecule has 0 saturated heterocycles. The number of aromatic amines is 1. The maximum atomic E-state index is 11.0. The summed E-state index contributed by atoms with van der Waals surface area (Å²) in [6.45, 7) is 6.46. The Balaban J connectivity index is 2.48. The summed E-state index contributed by atoms with van der Waals surface area (Å²) in [4.78, 5) is 11.0. The quantitative estimate of drug-likeness (QED) is 0.798. The molecule has 84 valence electrons. The molecule has 1 aromatic heterocycles. The third-order valence-corrected chi connectivity index (χ3v) is 2.54. The zero-order valence-corrected chi connectivity index (χ0v) is 9.70. The lowest BCUT2D eigenvalue weighted by Crippen LogP contribution is -2.10. The third kappa shape index (κ3) is 2.08. The van der Waals surface area contributed by atoms with Crippen molar-refractivity contribution in [2.24, 2.45) is 0 Å². The average Bonchev–Trinajstić information content (AvgIpc) is 2.64. The highest BCUT2D eigenvalue weighted by Gasteiger charge is 2.14. The summed E-state index contributed by atoms with van der Waals surface area (Å²) in [5.74, 6) is 0.580. The molecule has 2 aromatic rings. The molecule has 2 rings (SSSR count). The molecule has 0 aliphatic heterocycles. The Bertz CT molecular complexity index is 543. The summed E-state index contributed by atoms with van der Waals surface area (Å²) in [5.41, 5.74) is 2.02. The molecule has 0 fully saturated rings. The Morgan fingerprint density at radius 2 is 1.94 bits per heavy atom. The first-order chi connectivity index (χ1) is 7.47. The van der Waals surface area contributed by atoms with E-state index in [-0.39, 0.29) is 11.0 Å². The van der Waals surface area contributed by atoms with E-state index in [1.165, 1.54) is 11.6 Å². The Labute approximate surface area is 94.1 Å². The molecule has 0 spiro atoms. The van der Waals surface area contributed by atoms with Gasteiger partial charge in [0.05, 0.1) is 6.07 Å². The Morgan fingerprint density at radius 3 is 2.50 bits per heavy atom. The fraction of sp³-hybridized carbons (Fsp3) is 0.308. The van der Waals surface area contributed by atoms with Crippen molar-refractivity contribution in [3.8, 4) is 11.3 Å². The van der Waals surface area contributed by atoms with Crippen LogP contribution in [0, 0.1) is 0 Å². The normalized spacial score (nSPS) is 11.7. The summed E-state index contributed by atoms with van der Waals surface area (Å²) in [5, 5.41) is 2.29. The van der Waals surface area contributed by atoms with E-state index in [4.69, 9.17) is 4.52 Å². The van der Waals surface area contributed by atoms with Crippen LogP contribution in [0.25, 0.3) is 11.3 Å². The minimum Gasteiger partial charge on any atom is -0.378 e. The van der Waals surface area contributed by atoms with Crippen molar-refractivity contribution < 1.29 is 4.52 Å². The fourth-order valence-electron chi connectivity index (χ4n) is 1.56. The molecule has 0 saturated carbocycles. The second-order valence-corrected chi connectivity index (χ2v) is 4.91. The van der Waals surface area contributed by atoms with Crippen LogP contribution in [0.5, 0.6) is 0 Å². The summed E-state index contributed by atoms with van der Waals surface area (Å²) >= 11 is 0. The van der Waals surface area contributed by atoms with E-state index in [0.717, 1.165) is 5.56 Å². The molecule has 0 aliphatic carbocycles. The molecule has 0 atom stereocenters. The fourth-order valence-corrected chi connectivity index (χ4v) is 1.56. The Hall–Kier alpha value is -1.77. The summed E-state index contributed by atoms with van der Waals surface area (Å²) in [7, 11) is 0. The maximum Gasteiger partial charge on any atom is 0.280 e. The van der Waals surface area contributed by atoms with E-state index in [1.54, 1.807) is 0 Å². The van der Waals surface area contributed by atoms with Gasteiger partial charge in [-0.25, -0.2) is 0 Å². The number of H-pyrrole nitrogens is 1. The number of nitrogens with one attached hydrogen (secondary N) is 1. The van der Waals surface area contributed by atoms with Crippen molar-refractivity contribution in [1.29, 1.82) is 0 Å². The van der Waals surface area contributed by atoms with Gasteiger partial charge in [0.2, 0.25) is 0 Å². The van der Waals surface area contributed by atoms with Crippen LogP contribution in [0.2, 0.25) is 0 Å². The van der Waals surface area contributed by atoms with Crippen LogP contribution in [0.1, 0.15) is 26.3 Å². The highest BCUT2D eigenvalue weighted by molar-refractivity contribution is 5.58. The minimum absolute atomic E-state index is 0.0899. The number of benzene rings is 1. The molecule has 0 radical (unpaired) electrons. The van der Waals surface area contributed by atoms with Crippen LogP contribution >= 0.6 is 0 Å². The van der Waals surface area contributed by atoms with E-state index in [0.29, 0.717) is 5.76 Å². The van der Waals surface area contributed by atoms with Gasteiger partial charge in [-0.05, 0) is 17.0 Å². The van der Waals surface area contributed by atoms with Crippen molar-refractivity contribution >= 4 is 0 Å². The minimum atomic E-state index is -0.212. The second-order valence-electron chi connectivity index (χ2n) is 4.91. The predicted octanol–water partition coefficient (Wildman–Crippen LogP) is 2.93. The van der Waals surface area contributed by atoms with Gasteiger partial charge in [-0.3, -0.25) is 4.79 Å². The lowest BCUT2D eigenvalue weighted by atomic mass is 9.86. The van der Waals surface area contributed by atoms with E-state index in [9.17, 15) is 4.79 Å². The number of rotatable bonds is 1. The zero-order chi connectivity index (χ0) is 11.8. The SMILES string of the molecule is CC(C)(C)c1cccc(-c2cc(=O)[nH]o2)c1. The smallest absolute Gasteiger partial charge is 0.280 e. The number of hydrogen-bond acceptors (Lipinski definition) is 2. The molecule has 3 nitrogen and oxygen atoms in total. The molecule has 1 heterocycles. The van der Waals surface area contributed by atoms with Gasteiger partial charge in [0.25, 0.3) is 5.56 Å². The largest absolute Gasteiger partial charge is 0.378 e. The Kier molecular flexibility index (Phi) is 2.46. The van der Waals surface area contributed by atoms with Crippen molar-refractivity contribution in [3.05, 3.63) is 46.2 Å². The Morgan fingerprint density at radius 1 is 1.19 bits per heavy atom. The van der Waals surface area contributed by atoms with Gasteiger partial charge in [0.1, 0.15) is 0 Å². The summed E-state index contributed by atoms with van der Waals surface area (Å²) < 4.78 is 5.08. The van der Waals surface area contributed by atoms with E-state index in [2.05, 4.69) is 32.0 Å². The number of hydrogen-bond donors (Lipinski definition) is 1.